The number of benzene rings is 1. The molecule has 0 fully saturated rings. The topological polar surface area (TPSA) is 17.8 Å². The predicted octanol–water partition coefficient (Wildman–Crippen LogP) is 4.18. The summed E-state index contributed by atoms with van der Waals surface area (Å²) in [5, 5.41) is 4.45. The average Bonchev–Trinajstić information content (AvgIpc) is 2.67. The predicted molar refractivity (Wildman–Crippen MR) is 72.3 cm³/mol. The summed E-state index contributed by atoms with van der Waals surface area (Å²) in [4.78, 5) is 0. The molecule has 0 amide bonds. The molecular weight excluding hydrogens is 251 g/mol. The lowest BCUT2D eigenvalue weighted by Crippen LogP contribution is -2.14. The molecule has 0 spiro atoms. The van der Waals surface area contributed by atoms with Gasteiger partial charge in [0.1, 0.15) is 5.82 Å². The Hall–Kier alpha value is -1.35. The molecule has 1 heterocycles. The van der Waals surface area contributed by atoms with Gasteiger partial charge in [-0.2, -0.15) is 5.10 Å². The summed E-state index contributed by atoms with van der Waals surface area (Å²) in [6.45, 7) is 5.89. The maximum Gasteiger partial charge on any atom is 0.145 e. The van der Waals surface area contributed by atoms with Crippen molar-refractivity contribution in [1.82, 2.24) is 9.78 Å². The minimum absolute atomic E-state index is 0.142. The van der Waals surface area contributed by atoms with Crippen molar-refractivity contribution < 1.29 is 4.39 Å². The summed E-state index contributed by atoms with van der Waals surface area (Å²) < 4.78 is 15.8. The molecule has 0 aliphatic rings. The number of hydrogen-bond donors (Lipinski definition) is 0. The fourth-order valence-corrected chi connectivity index (χ4v) is 2.07. The average molecular weight is 267 g/mol. The summed E-state index contributed by atoms with van der Waals surface area (Å²) in [6, 6.07) is 5.33. The fraction of sp³-hybridized carbons (Fsp3) is 0.357. The third kappa shape index (κ3) is 2.41. The fourth-order valence-electron chi connectivity index (χ4n) is 1.85. The molecule has 1 aromatic carbocycles. The van der Waals surface area contributed by atoms with Crippen LogP contribution in [0, 0.1) is 5.82 Å². The maximum absolute atomic E-state index is 14.0. The first-order chi connectivity index (χ1) is 8.29. The van der Waals surface area contributed by atoms with E-state index < -0.39 is 0 Å². The number of hydrogen-bond acceptors (Lipinski definition) is 1. The summed E-state index contributed by atoms with van der Waals surface area (Å²) in [6.07, 6.45) is 1.85. The normalized spacial score (nSPS) is 11.9. The van der Waals surface area contributed by atoms with Gasteiger partial charge in [-0.25, -0.2) is 4.39 Å². The smallest absolute Gasteiger partial charge is 0.145 e. The first-order valence-corrected chi connectivity index (χ1v) is 6.16. The zero-order chi connectivity index (χ0) is 13.5. The van der Waals surface area contributed by atoms with E-state index in [1.54, 1.807) is 10.7 Å². The van der Waals surface area contributed by atoms with Gasteiger partial charge in [-0.15, -0.1) is 0 Å². The Labute approximate surface area is 111 Å². The van der Waals surface area contributed by atoms with Gasteiger partial charge in [-0.05, 0) is 29.2 Å². The Balaban J connectivity index is 2.61. The molecule has 18 heavy (non-hydrogen) atoms. The number of aromatic nitrogens is 2. The van der Waals surface area contributed by atoms with Gasteiger partial charge in [-0.1, -0.05) is 32.4 Å². The monoisotopic (exact) mass is 266 g/mol. The maximum atomic E-state index is 14.0. The van der Waals surface area contributed by atoms with E-state index in [9.17, 15) is 4.39 Å². The molecule has 0 saturated heterocycles. The summed E-state index contributed by atoms with van der Waals surface area (Å²) >= 11 is 5.97. The lowest BCUT2D eigenvalue weighted by molar-refractivity contribution is 0.523. The van der Waals surface area contributed by atoms with E-state index in [2.05, 4.69) is 5.10 Å². The molecule has 96 valence electrons. The number of rotatable bonds is 1. The molecule has 2 aromatic rings. The standard InChI is InChI=1S/C14H16ClFN2/c1-14(2,3)10-7-9(8-11(15)13(10)16)12-5-6-18(4)17-12/h5-8H,1-4H3. The van der Waals surface area contributed by atoms with Gasteiger partial charge in [0.2, 0.25) is 0 Å². The van der Waals surface area contributed by atoms with Crippen molar-refractivity contribution in [3.8, 4) is 11.3 Å². The summed E-state index contributed by atoms with van der Waals surface area (Å²) in [5.74, 6) is -0.344. The quantitative estimate of drug-likeness (QED) is 0.757. The molecule has 0 unspecified atom stereocenters. The van der Waals surface area contributed by atoms with Gasteiger partial charge >= 0.3 is 0 Å². The highest BCUT2D eigenvalue weighted by atomic mass is 35.5. The second-order valence-electron chi connectivity index (χ2n) is 5.44. The van der Waals surface area contributed by atoms with Gasteiger partial charge in [0.15, 0.2) is 0 Å². The zero-order valence-electron chi connectivity index (χ0n) is 11.0. The van der Waals surface area contributed by atoms with E-state index in [-0.39, 0.29) is 16.3 Å². The van der Waals surface area contributed by atoms with Gasteiger partial charge in [0.25, 0.3) is 0 Å². The molecule has 0 N–H and O–H groups in total. The van der Waals surface area contributed by atoms with Gasteiger partial charge in [0.05, 0.1) is 10.7 Å². The van der Waals surface area contributed by atoms with Crippen LogP contribution in [0.15, 0.2) is 24.4 Å². The van der Waals surface area contributed by atoms with E-state index in [4.69, 9.17) is 11.6 Å². The SMILES string of the molecule is Cn1ccc(-c2cc(Cl)c(F)c(C(C)(C)C)c2)n1. The van der Waals surface area contributed by atoms with Crippen molar-refractivity contribution in [2.45, 2.75) is 26.2 Å². The molecule has 0 bridgehead atoms. The number of nitrogens with zero attached hydrogens (tertiary/aromatic N) is 2. The van der Waals surface area contributed by atoms with Gasteiger partial charge in [-0.3, -0.25) is 4.68 Å². The Bertz CT molecular complexity index is 582. The van der Waals surface area contributed by atoms with Crippen molar-refractivity contribution in [3.63, 3.8) is 0 Å². The van der Waals surface area contributed by atoms with Crippen LogP contribution >= 0.6 is 11.6 Å². The molecule has 1 aromatic heterocycles. The third-order valence-corrected chi connectivity index (χ3v) is 3.12. The lowest BCUT2D eigenvalue weighted by atomic mass is 9.85. The molecule has 2 nitrogen and oxygen atoms in total. The summed E-state index contributed by atoms with van der Waals surface area (Å²) in [5.41, 5.74) is 1.95. The van der Waals surface area contributed by atoms with Crippen LogP contribution in [0.4, 0.5) is 4.39 Å². The molecule has 0 radical (unpaired) electrons. The van der Waals surface area contributed by atoms with Gasteiger partial charge in [0, 0.05) is 18.8 Å². The van der Waals surface area contributed by atoms with E-state index in [0.717, 1.165) is 11.3 Å². The first-order valence-electron chi connectivity index (χ1n) is 5.78. The van der Waals surface area contributed by atoms with Crippen LogP contribution in [-0.4, -0.2) is 9.78 Å². The van der Waals surface area contributed by atoms with Crippen LogP contribution in [0.1, 0.15) is 26.3 Å². The third-order valence-electron chi connectivity index (χ3n) is 2.85. The highest BCUT2D eigenvalue weighted by Gasteiger charge is 2.22. The Morgan fingerprint density at radius 1 is 1.28 bits per heavy atom. The van der Waals surface area contributed by atoms with Crippen LogP contribution in [-0.2, 0) is 12.5 Å². The summed E-state index contributed by atoms with van der Waals surface area (Å²) in [7, 11) is 1.85. The van der Waals surface area contributed by atoms with E-state index >= 15 is 0 Å². The molecule has 0 aliphatic carbocycles. The minimum atomic E-state index is -0.344. The second-order valence-corrected chi connectivity index (χ2v) is 5.85. The van der Waals surface area contributed by atoms with Crippen molar-refractivity contribution in [2.24, 2.45) is 7.05 Å². The van der Waals surface area contributed by atoms with Crippen LogP contribution < -0.4 is 0 Å². The van der Waals surface area contributed by atoms with E-state index in [1.165, 1.54) is 0 Å². The van der Waals surface area contributed by atoms with Crippen molar-refractivity contribution in [3.05, 3.63) is 40.8 Å². The first kappa shape index (κ1) is 13.1. The van der Waals surface area contributed by atoms with Crippen LogP contribution in [0.2, 0.25) is 5.02 Å². The largest absolute Gasteiger partial charge is 0.275 e. The zero-order valence-corrected chi connectivity index (χ0v) is 11.7. The molecule has 0 atom stereocenters. The minimum Gasteiger partial charge on any atom is -0.275 e. The molecule has 0 aliphatic heterocycles. The highest BCUT2D eigenvalue weighted by molar-refractivity contribution is 6.31. The second kappa shape index (κ2) is 4.39. The number of aryl methyl sites for hydroxylation is 1. The lowest BCUT2D eigenvalue weighted by Gasteiger charge is -2.21. The van der Waals surface area contributed by atoms with E-state index in [0.29, 0.717) is 5.56 Å². The van der Waals surface area contributed by atoms with Crippen molar-refractivity contribution >= 4 is 11.6 Å². The van der Waals surface area contributed by atoms with E-state index in [1.807, 2.05) is 46.1 Å². The molecule has 2 rings (SSSR count). The van der Waals surface area contributed by atoms with Crippen LogP contribution in [0.25, 0.3) is 11.3 Å². The van der Waals surface area contributed by atoms with Gasteiger partial charge < -0.3 is 0 Å². The Morgan fingerprint density at radius 3 is 2.44 bits per heavy atom. The highest BCUT2D eigenvalue weighted by Crippen LogP contribution is 2.33. The molecule has 4 heteroatoms. The van der Waals surface area contributed by atoms with Crippen molar-refractivity contribution in [2.75, 3.05) is 0 Å². The molecule has 0 saturated carbocycles. The van der Waals surface area contributed by atoms with Crippen molar-refractivity contribution in [1.29, 1.82) is 0 Å². The number of halogens is 2. The Morgan fingerprint density at radius 2 is 1.94 bits per heavy atom. The van der Waals surface area contributed by atoms with Crippen LogP contribution in [0.3, 0.4) is 0 Å². The Kier molecular flexibility index (Phi) is 3.20. The molecular formula is C14H16ClFN2. The van der Waals surface area contributed by atoms with Crippen LogP contribution in [0.5, 0.6) is 0 Å².